The van der Waals surface area contributed by atoms with Crippen molar-refractivity contribution in [2.24, 2.45) is 5.41 Å². The van der Waals surface area contributed by atoms with Gasteiger partial charge in [0.25, 0.3) is 0 Å². The van der Waals surface area contributed by atoms with Crippen LogP contribution in [0.3, 0.4) is 0 Å². The molecule has 1 amide bonds. The Morgan fingerprint density at radius 1 is 1.53 bits per heavy atom. The molecule has 0 unspecified atom stereocenters. The molecule has 0 aliphatic heterocycles. The zero-order chi connectivity index (χ0) is 12.1. The Labute approximate surface area is 88.6 Å². The summed E-state index contributed by atoms with van der Waals surface area (Å²) in [6.07, 6.45) is -1.09. The van der Waals surface area contributed by atoms with Gasteiger partial charge in [0, 0.05) is 6.54 Å². The number of nitrogens with one attached hydrogen (secondary N) is 2. The smallest absolute Gasteiger partial charge is 0.421 e. The normalized spacial score (nSPS) is 11.6. The molecule has 0 aliphatic carbocycles. The highest BCUT2D eigenvalue weighted by Gasteiger charge is 2.21. The third-order valence-electron chi connectivity index (χ3n) is 1.41. The number of methoxy groups -OCH3 is 1. The molecule has 0 radical (unpaired) electrons. The van der Waals surface area contributed by atoms with Crippen molar-refractivity contribution in [3.05, 3.63) is 0 Å². The molecule has 2 N–H and O–H groups in total. The van der Waals surface area contributed by atoms with E-state index in [2.05, 4.69) is 9.46 Å². The summed E-state index contributed by atoms with van der Waals surface area (Å²) < 4.78 is 30.0. The average molecular weight is 235 g/mol. The average Bonchev–Trinajstić information content (AvgIpc) is 2.14. The monoisotopic (exact) mass is 235 g/mol. The van der Waals surface area contributed by atoms with Crippen molar-refractivity contribution in [2.45, 2.75) is 13.8 Å². The number of hydrogen-bond donors (Lipinski definition) is 2. The first-order valence-corrected chi connectivity index (χ1v) is 5.47. The van der Waals surface area contributed by atoms with Gasteiger partial charge in [-0.05, 0) is 13.8 Å². The molecule has 0 saturated carbocycles. The summed E-state index contributed by atoms with van der Waals surface area (Å²) in [6.45, 7) is 3.02. The van der Waals surface area contributed by atoms with E-state index in [1.807, 2.05) is 6.07 Å². The largest absolute Gasteiger partial charge is 0.452 e. The zero-order valence-electron chi connectivity index (χ0n) is 8.70. The second-order valence-corrected chi connectivity index (χ2v) is 4.91. The molecule has 0 aromatic carbocycles. The minimum Gasteiger partial charge on any atom is -0.452 e. The highest BCUT2D eigenvalue weighted by atomic mass is 32.2. The van der Waals surface area contributed by atoms with Gasteiger partial charge in [-0.1, -0.05) is 0 Å². The zero-order valence-corrected chi connectivity index (χ0v) is 9.51. The van der Waals surface area contributed by atoms with E-state index in [0.29, 0.717) is 0 Å². The maximum Gasteiger partial charge on any atom is 0.421 e. The van der Waals surface area contributed by atoms with Gasteiger partial charge in [0.05, 0.1) is 18.6 Å². The number of ether oxygens (including phenoxy) is 1. The van der Waals surface area contributed by atoms with Crippen LogP contribution in [0.4, 0.5) is 4.79 Å². The van der Waals surface area contributed by atoms with Crippen LogP contribution in [0.15, 0.2) is 0 Å². The van der Waals surface area contributed by atoms with Crippen molar-refractivity contribution < 1.29 is 17.9 Å². The van der Waals surface area contributed by atoms with Gasteiger partial charge in [-0.25, -0.2) is 9.52 Å². The van der Waals surface area contributed by atoms with Crippen molar-refractivity contribution in [1.29, 1.82) is 5.26 Å². The first-order chi connectivity index (χ1) is 6.72. The molecule has 0 heterocycles. The minimum atomic E-state index is -3.96. The highest BCUT2D eigenvalue weighted by Crippen LogP contribution is 2.10. The van der Waals surface area contributed by atoms with E-state index >= 15 is 0 Å². The lowest BCUT2D eigenvalue weighted by molar-refractivity contribution is 0.177. The first-order valence-electron chi connectivity index (χ1n) is 3.99. The van der Waals surface area contributed by atoms with Crippen molar-refractivity contribution in [3.63, 3.8) is 0 Å². The van der Waals surface area contributed by atoms with E-state index in [0.717, 1.165) is 7.11 Å². The Morgan fingerprint density at radius 2 is 2.07 bits per heavy atom. The number of amides is 1. The minimum absolute atomic E-state index is 0.101. The van der Waals surface area contributed by atoms with Gasteiger partial charge < -0.3 is 4.74 Å². The Bertz CT molecular complexity index is 368. The van der Waals surface area contributed by atoms with Gasteiger partial charge in [-0.15, -0.1) is 0 Å². The summed E-state index contributed by atoms with van der Waals surface area (Å²) in [5.74, 6) is 0. The molecule has 8 heteroatoms. The first kappa shape index (κ1) is 13.7. The van der Waals surface area contributed by atoms with Gasteiger partial charge >= 0.3 is 16.3 Å². The van der Waals surface area contributed by atoms with Crippen LogP contribution in [0, 0.1) is 16.7 Å². The van der Waals surface area contributed by atoms with Crippen LogP contribution in [-0.2, 0) is 14.9 Å². The second-order valence-electron chi connectivity index (χ2n) is 3.41. The quantitative estimate of drug-likeness (QED) is 0.697. The Kier molecular flexibility index (Phi) is 4.51. The summed E-state index contributed by atoms with van der Waals surface area (Å²) >= 11 is 0. The standard InChI is InChI=1S/C7H13N3O4S/c1-7(2,4-8)5-9-15(12,13)10-6(11)14-3/h9H,5H2,1-3H3,(H,10,11). The SMILES string of the molecule is COC(=O)NS(=O)(=O)NCC(C)(C)C#N. The maximum atomic E-state index is 11.1. The molecule has 86 valence electrons. The van der Waals surface area contributed by atoms with Gasteiger partial charge in [0.15, 0.2) is 0 Å². The molecule has 0 aromatic rings. The van der Waals surface area contributed by atoms with Crippen molar-refractivity contribution in [3.8, 4) is 6.07 Å². The highest BCUT2D eigenvalue weighted by molar-refractivity contribution is 7.88. The molecule has 0 rings (SSSR count). The van der Waals surface area contributed by atoms with Crippen LogP contribution in [0.2, 0.25) is 0 Å². The number of nitrogens with zero attached hydrogens (tertiary/aromatic N) is 1. The fourth-order valence-corrected chi connectivity index (χ4v) is 1.43. The van der Waals surface area contributed by atoms with Crippen LogP contribution in [0.5, 0.6) is 0 Å². The molecule has 0 fully saturated rings. The number of carbonyl (C=O) groups excluding carboxylic acids is 1. The topological polar surface area (TPSA) is 108 Å². The van der Waals surface area contributed by atoms with E-state index < -0.39 is 21.7 Å². The van der Waals surface area contributed by atoms with Gasteiger partial charge in [-0.2, -0.15) is 18.4 Å². The molecule has 0 spiro atoms. The molecule has 0 bridgehead atoms. The van der Waals surface area contributed by atoms with E-state index in [9.17, 15) is 13.2 Å². The van der Waals surface area contributed by atoms with E-state index in [4.69, 9.17) is 5.26 Å². The predicted molar refractivity (Wildman–Crippen MR) is 51.9 cm³/mol. The van der Waals surface area contributed by atoms with Gasteiger partial charge in [0.1, 0.15) is 0 Å². The third-order valence-corrected chi connectivity index (χ3v) is 2.37. The molecule has 0 aliphatic rings. The summed E-state index contributed by atoms with van der Waals surface area (Å²) in [5, 5.41) is 8.62. The molecule has 15 heavy (non-hydrogen) atoms. The fourth-order valence-electron chi connectivity index (χ4n) is 0.502. The summed E-state index contributed by atoms with van der Waals surface area (Å²) in [7, 11) is -2.92. The molecular formula is C7H13N3O4S. The van der Waals surface area contributed by atoms with Crippen LogP contribution in [0.1, 0.15) is 13.8 Å². The lowest BCUT2D eigenvalue weighted by Crippen LogP contribution is -2.43. The Morgan fingerprint density at radius 3 is 2.47 bits per heavy atom. The fraction of sp³-hybridized carbons (Fsp3) is 0.714. The van der Waals surface area contributed by atoms with Crippen LogP contribution < -0.4 is 9.44 Å². The second kappa shape index (κ2) is 4.95. The van der Waals surface area contributed by atoms with Crippen molar-refractivity contribution in [1.82, 2.24) is 9.44 Å². The van der Waals surface area contributed by atoms with Crippen LogP contribution in [-0.4, -0.2) is 28.2 Å². The van der Waals surface area contributed by atoms with E-state index in [1.165, 1.54) is 0 Å². The van der Waals surface area contributed by atoms with Gasteiger partial charge in [-0.3, -0.25) is 0 Å². The summed E-state index contributed by atoms with van der Waals surface area (Å²) in [5.41, 5.74) is -0.842. The number of rotatable bonds is 4. The molecular weight excluding hydrogens is 222 g/mol. The van der Waals surface area contributed by atoms with Crippen LogP contribution in [0.25, 0.3) is 0 Å². The van der Waals surface area contributed by atoms with E-state index in [1.54, 1.807) is 18.6 Å². The predicted octanol–water partition coefficient (Wildman–Crippen LogP) is -0.273. The molecule has 0 aromatic heterocycles. The van der Waals surface area contributed by atoms with Crippen molar-refractivity contribution in [2.75, 3.05) is 13.7 Å². The van der Waals surface area contributed by atoms with Crippen LogP contribution >= 0.6 is 0 Å². The lowest BCUT2D eigenvalue weighted by Gasteiger charge is -2.15. The molecule has 0 atom stereocenters. The summed E-state index contributed by atoms with van der Waals surface area (Å²) in [4.78, 5) is 10.6. The Hall–Kier alpha value is -1.33. The van der Waals surface area contributed by atoms with Crippen molar-refractivity contribution >= 4 is 16.3 Å². The molecule has 7 nitrogen and oxygen atoms in total. The third kappa shape index (κ3) is 5.87. The van der Waals surface area contributed by atoms with Gasteiger partial charge in [0.2, 0.25) is 0 Å². The lowest BCUT2D eigenvalue weighted by atomic mass is 9.97. The Balaban J connectivity index is 4.31. The molecule has 0 saturated heterocycles. The number of hydrogen-bond acceptors (Lipinski definition) is 5. The maximum absolute atomic E-state index is 11.1. The van der Waals surface area contributed by atoms with E-state index in [-0.39, 0.29) is 6.54 Å². The number of nitriles is 1. The number of carbonyl (C=O) groups is 1. The summed E-state index contributed by atoms with van der Waals surface area (Å²) in [6, 6.07) is 1.91.